The van der Waals surface area contributed by atoms with E-state index in [0.29, 0.717) is 23.2 Å². The minimum atomic E-state index is -0.229. The fourth-order valence-electron chi connectivity index (χ4n) is 10.5. The molecule has 0 spiro atoms. The van der Waals surface area contributed by atoms with E-state index < -0.39 is 0 Å². The molecule has 0 radical (unpaired) electrons. The predicted octanol–water partition coefficient (Wildman–Crippen LogP) is 4.45. The summed E-state index contributed by atoms with van der Waals surface area (Å²) >= 11 is 0. The lowest BCUT2D eigenvalue weighted by Crippen LogP contribution is -2.62. The van der Waals surface area contributed by atoms with Gasteiger partial charge in [0, 0.05) is 38.1 Å². The first-order valence-corrected chi connectivity index (χ1v) is 15.2. The van der Waals surface area contributed by atoms with Crippen LogP contribution in [-0.2, 0) is 4.79 Å². The highest BCUT2D eigenvalue weighted by molar-refractivity contribution is 5.79. The van der Waals surface area contributed by atoms with Crippen molar-refractivity contribution >= 4 is 5.91 Å². The lowest BCUT2D eigenvalue weighted by molar-refractivity contribution is -0.157. The number of rotatable bonds is 2. The summed E-state index contributed by atoms with van der Waals surface area (Å²) in [6.07, 6.45) is 14.8. The van der Waals surface area contributed by atoms with Crippen molar-refractivity contribution in [3.05, 3.63) is 0 Å². The van der Waals surface area contributed by atoms with E-state index in [-0.39, 0.29) is 29.6 Å². The minimum absolute atomic E-state index is 0.104. The molecule has 1 amide bonds. The molecule has 1 saturated heterocycles. The van der Waals surface area contributed by atoms with E-state index in [2.05, 4.69) is 23.6 Å². The summed E-state index contributed by atoms with van der Waals surface area (Å²) in [6.45, 7) is 8.46. The normalized spacial score (nSPS) is 49.3. The second-order valence-corrected chi connectivity index (χ2v) is 14.1. The maximum absolute atomic E-state index is 13.1. The monoisotopic (exact) mass is 486 g/mol. The third-order valence-electron chi connectivity index (χ3n) is 12.7. The average Bonchev–Trinajstić information content (AvgIpc) is 3.18. The molecular formula is C30H50N2O3. The van der Waals surface area contributed by atoms with Gasteiger partial charge in [0.05, 0.1) is 12.2 Å². The predicted molar refractivity (Wildman–Crippen MR) is 138 cm³/mol. The van der Waals surface area contributed by atoms with Crippen LogP contribution in [0.25, 0.3) is 0 Å². The molecule has 1 aliphatic heterocycles. The van der Waals surface area contributed by atoms with Gasteiger partial charge in [-0.2, -0.15) is 0 Å². The van der Waals surface area contributed by atoms with E-state index in [0.717, 1.165) is 70.1 Å². The average molecular weight is 487 g/mol. The SMILES string of the molecule is C[C@]12C[C@H](N3CCN(C(=O)C4CCCCC4)CC3)[C@@H](O)C[C@@H]1CC[C@@H]1[C@@H]2CC[C@]2(C)[C@@H](O)CC[C@@H]12. The highest BCUT2D eigenvalue weighted by Crippen LogP contribution is 2.66. The van der Waals surface area contributed by atoms with Crippen LogP contribution in [0.5, 0.6) is 0 Å². The molecule has 0 aromatic carbocycles. The molecule has 1 heterocycles. The van der Waals surface area contributed by atoms with Gasteiger partial charge in [0.15, 0.2) is 0 Å². The molecule has 0 unspecified atom stereocenters. The first-order chi connectivity index (χ1) is 16.8. The Kier molecular flexibility index (Phi) is 6.54. The third-order valence-corrected chi connectivity index (χ3v) is 12.7. The van der Waals surface area contributed by atoms with Crippen molar-refractivity contribution in [3.63, 3.8) is 0 Å². The van der Waals surface area contributed by atoms with Crippen molar-refractivity contribution in [1.29, 1.82) is 0 Å². The Morgan fingerprint density at radius 3 is 2.26 bits per heavy atom. The van der Waals surface area contributed by atoms with Crippen LogP contribution in [0.4, 0.5) is 0 Å². The van der Waals surface area contributed by atoms with Crippen LogP contribution >= 0.6 is 0 Å². The Bertz CT molecular complexity index is 790. The Morgan fingerprint density at radius 2 is 1.51 bits per heavy atom. The van der Waals surface area contributed by atoms with Crippen LogP contribution in [0.1, 0.15) is 97.3 Å². The number of carbonyl (C=O) groups excluding carboxylic acids is 1. The van der Waals surface area contributed by atoms with Crippen molar-refractivity contribution in [2.45, 2.75) is 116 Å². The fraction of sp³-hybridized carbons (Fsp3) is 0.967. The zero-order chi connectivity index (χ0) is 24.4. The second-order valence-electron chi connectivity index (χ2n) is 14.1. The molecule has 5 saturated carbocycles. The van der Waals surface area contributed by atoms with Gasteiger partial charge in [-0.25, -0.2) is 0 Å². The number of amides is 1. The maximum atomic E-state index is 13.1. The lowest BCUT2D eigenvalue weighted by Gasteiger charge is -2.62. The molecule has 6 fully saturated rings. The van der Waals surface area contributed by atoms with E-state index in [4.69, 9.17) is 0 Å². The highest BCUT2D eigenvalue weighted by atomic mass is 16.3. The topological polar surface area (TPSA) is 64.0 Å². The minimum Gasteiger partial charge on any atom is -0.393 e. The fourth-order valence-corrected chi connectivity index (χ4v) is 10.5. The van der Waals surface area contributed by atoms with Crippen molar-refractivity contribution in [2.24, 2.45) is 40.4 Å². The van der Waals surface area contributed by atoms with Gasteiger partial charge in [-0.05, 0) is 98.7 Å². The molecule has 0 aromatic rings. The van der Waals surface area contributed by atoms with Crippen molar-refractivity contribution < 1.29 is 15.0 Å². The van der Waals surface area contributed by atoms with E-state index in [9.17, 15) is 15.0 Å². The first-order valence-electron chi connectivity index (χ1n) is 15.2. The Labute approximate surface area is 213 Å². The second kappa shape index (κ2) is 9.27. The Hall–Kier alpha value is -0.650. The number of aliphatic hydroxyl groups is 2. The van der Waals surface area contributed by atoms with Crippen molar-refractivity contribution in [2.75, 3.05) is 26.2 Å². The van der Waals surface area contributed by atoms with Crippen LogP contribution in [-0.4, -0.2) is 70.3 Å². The molecule has 0 aromatic heterocycles. The molecule has 6 aliphatic rings. The molecular weight excluding hydrogens is 436 g/mol. The van der Waals surface area contributed by atoms with Crippen molar-refractivity contribution in [1.82, 2.24) is 9.80 Å². The van der Waals surface area contributed by atoms with Gasteiger partial charge in [-0.1, -0.05) is 33.1 Å². The molecule has 5 nitrogen and oxygen atoms in total. The van der Waals surface area contributed by atoms with Gasteiger partial charge in [-0.15, -0.1) is 0 Å². The van der Waals surface area contributed by atoms with Crippen LogP contribution in [0.2, 0.25) is 0 Å². The standard InChI is InChI=1S/C30H50N2O3/c1-29-13-12-24-22(23(29)10-11-27(29)34)9-8-21-18-26(33)25(19-30(21,24)2)31-14-16-32(17-15-31)28(35)20-6-4-3-5-7-20/h20-27,33-34H,3-19H2,1-2H3/t21-,22-,23-,24-,25-,26-,27-,29-,30-/m0/s1. The van der Waals surface area contributed by atoms with Crippen LogP contribution in [0.15, 0.2) is 0 Å². The molecule has 198 valence electrons. The number of hydrogen-bond acceptors (Lipinski definition) is 4. The highest BCUT2D eigenvalue weighted by Gasteiger charge is 2.61. The number of piperazine rings is 1. The lowest BCUT2D eigenvalue weighted by atomic mass is 9.44. The summed E-state index contributed by atoms with van der Waals surface area (Å²) in [5.41, 5.74) is 0.440. The number of aliphatic hydroxyl groups excluding tert-OH is 2. The van der Waals surface area contributed by atoms with Gasteiger partial charge in [-0.3, -0.25) is 9.69 Å². The third kappa shape index (κ3) is 4.02. The summed E-state index contributed by atoms with van der Waals surface area (Å²) in [6, 6.07) is 0.240. The van der Waals surface area contributed by atoms with E-state index in [1.165, 1.54) is 51.4 Å². The number of hydrogen-bond donors (Lipinski definition) is 2. The van der Waals surface area contributed by atoms with Crippen LogP contribution in [0.3, 0.4) is 0 Å². The number of carbonyl (C=O) groups is 1. The van der Waals surface area contributed by atoms with Gasteiger partial charge in [0.2, 0.25) is 5.91 Å². The van der Waals surface area contributed by atoms with Gasteiger partial charge in [0.1, 0.15) is 0 Å². The number of nitrogens with zero attached hydrogens (tertiary/aromatic N) is 2. The summed E-state index contributed by atoms with van der Waals surface area (Å²) in [7, 11) is 0. The van der Waals surface area contributed by atoms with Gasteiger partial charge < -0.3 is 15.1 Å². The molecule has 5 heteroatoms. The first kappa shape index (κ1) is 24.7. The zero-order valence-electron chi connectivity index (χ0n) is 22.3. The molecule has 35 heavy (non-hydrogen) atoms. The summed E-state index contributed by atoms with van der Waals surface area (Å²) in [5, 5.41) is 22.1. The summed E-state index contributed by atoms with van der Waals surface area (Å²) in [5.74, 6) is 3.50. The smallest absolute Gasteiger partial charge is 0.225 e. The van der Waals surface area contributed by atoms with Crippen LogP contribution < -0.4 is 0 Å². The zero-order valence-corrected chi connectivity index (χ0v) is 22.3. The molecule has 2 N–H and O–H groups in total. The van der Waals surface area contributed by atoms with Crippen molar-refractivity contribution in [3.8, 4) is 0 Å². The summed E-state index contributed by atoms with van der Waals surface area (Å²) in [4.78, 5) is 17.8. The quantitative estimate of drug-likeness (QED) is 0.605. The summed E-state index contributed by atoms with van der Waals surface area (Å²) < 4.78 is 0. The largest absolute Gasteiger partial charge is 0.393 e. The Morgan fingerprint density at radius 1 is 0.800 bits per heavy atom. The van der Waals surface area contributed by atoms with Gasteiger partial charge >= 0.3 is 0 Å². The van der Waals surface area contributed by atoms with Crippen LogP contribution in [0, 0.1) is 40.4 Å². The Balaban J connectivity index is 1.13. The molecule has 6 rings (SSSR count). The molecule has 9 atom stereocenters. The maximum Gasteiger partial charge on any atom is 0.225 e. The number of fused-ring (bicyclic) bond motifs is 5. The van der Waals surface area contributed by atoms with Gasteiger partial charge in [0.25, 0.3) is 0 Å². The molecule has 5 aliphatic carbocycles. The molecule has 0 bridgehead atoms. The van der Waals surface area contributed by atoms with E-state index in [1.54, 1.807) is 0 Å². The van der Waals surface area contributed by atoms with E-state index >= 15 is 0 Å². The van der Waals surface area contributed by atoms with E-state index in [1.807, 2.05) is 0 Å².